The van der Waals surface area contributed by atoms with Gasteiger partial charge in [0.2, 0.25) is 5.95 Å². The first-order valence-corrected chi connectivity index (χ1v) is 7.74. The maximum Gasteiger partial charge on any atom is 0.225 e. The molecule has 2 rings (SSSR count). The molecule has 0 bridgehead atoms. The third-order valence-corrected chi connectivity index (χ3v) is 4.83. The van der Waals surface area contributed by atoms with Crippen molar-refractivity contribution in [1.82, 2.24) is 9.97 Å². The number of thiophene rings is 1. The summed E-state index contributed by atoms with van der Waals surface area (Å²) in [7, 11) is 3.97. The maximum absolute atomic E-state index is 4.68. The van der Waals surface area contributed by atoms with Crippen LogP contribution in [-0.2, 0) is 0 Å². The Bertz CT molecular complexity index is 612. The molecule has 2 heterocycles. The Labute approximate surface area is 125 Å². The van der Waals surface area contributed by atoms with E-state index in [-0.39, 0.29) is 5.41 Å². The molecule has 0 aromatic carbocycles. The molecule has 5 heteroatoms. The lowest BCUT2D eigenvalue weighted by Crippen LogP contribution is -2.40. The molecular weight excluding hydrogens is 268 g/mol. The molecule has 0 aliphatic heterocycles. The van der Waals surface area contributed by atoms with E-state index >= 15 is 0 Å². The molecule has 1 N–H and O–H groups in total. The predicted molar refractivity (Wildman–Crippen MR) is 89.0 cm³/mol. The summed E-state index contributed by atoms with van der Waals surface area (Å²) in [6.45, 7) is 11.1. The van der Waals surface area contributed by atoms with Gasteiger partial charge in [-0.25, -0.2) is 4.98 Å². The summed E-state index contributed by atoms with van der Waals surface area (Å²) in [5.41, 5.74) is 0.191. The van der Waals surface area contributed by atoms with Crippen LogP contribution in [0.2, 0.25) is 0 Å². The molecule has 0 spiro atoms. The molecule has 0 aliphatic rings. The predicted octanol–water partition coefficient (Wildman–Crippen LogP) is 3.91. The fourth-order valence-corrected chi connectivity index (χ4v) is 3.05. The van der Waals surface area contributed by atoms with Crippen LogP contribution in [0.25, 0.3) is 10.2 Å². The minimum Gasteiger partial charge on any atom is -0.357 e. The smallest absolute Gasteiger partial charge is 0.225 e. The number of hydrogen-bond acceptors (Lipinski definition) is 5. The van der Waals surface area contributed by atoms with Crippen LogP contribution in [0.4, 0.5) is 11.8 Å². The normalized spacial score (nSPS) is 13.6. The van der Waals surface area contributed by atoms with Crippen molar-refractivity contribution in [3.8, 4) is 0 Å². The molecule has 0 saturated carbocycles. The van der Waals surface area contributed by atoms with E-state index in [2.05, 4.69) is 67.9 Å². The summed E-state index contributed by atoms with van der Waals surface area (Å²) in [4.78, 5) is 13.8. The molecule has 0 amide bonds. The van der Waals surface area contributed by atoms with Gasteiger partial charge in [0.1, 0.15) is 10.6 Å². The Morgan fingerprint density at radius 3 is 2.50 bits per heavy atom. The zero-order chi connectivity index (χ0) is 15.1. The van der Waals surface area contributed by atoms with Crippen LogP contribution in [0.15, 0.2) is 6.07 Å². The number of rotatable bonds is 3. The number of nitrogens with one attached hydrogen (secondary N) is 1. The van der Waals surface area contributed by atoms with Gasteiger partial charge in [-0.2, -0.15) is 4.98 Å². The Hall–Kier alpha value is -1.36. The third-order valence-electron chi connectivity index (χ3n) is 3.89. The number of nitrogens with zero attached hydrogens (tertiary/aromatic N) is 3. The first kappa shape index (κ1) is 15.0. The lowest BCUT2D eigenvalue weighted by atomic mass is 9.87. The Morgan fingerprint density at radius 2 is 1.95 bits per heavy atom. The summed E-state index contributed by atoms with van der Waals surface area (Å²) in [5, 5.41) is 4.20. The van der Waals surface area contributed by atoms with Crippen molar-refractivity contribution >= 4 is 33.3 Å². The van der Waals surface area contributed by atoms with Gasteiger partial charge in [0.25, 0.3) is 0 Å². The third kappa shape index (κ3) is 2.73. The van der Waals surface area contributed by atoms with E-state index in [1.165, 1.54) is 4.88 Å². The van der Waals surface area contributed by atoms with Gasteiger partial charge in [-0.15, -0.1) is 11.3 Å². The molecule has 1 unspecified atom stereocenters. The quantitative estimate of drug-likeness (QED) is 0.931. The highest BCUT2D eigenvalue weighted by atomic mass is 32.1. The molecule has 2 aromatic heterocycles. The SMILES string of the molecule is CNc1nc(N(C)C(C)C(C)(C)C)c2cc(C)sc2n1. The van der Waals surface area contributed by atoms with Gasteiger partial charge in [0.15, 0.2) is 0 Å². The summed E-state index contributed by atoms with van der Waals surface area (Å²) >= 11 is 1.71. The minimum absolute atomic E-state index is 0.191. The monoisotopic (exact) mass is 292 g/mol. The van der Waals surface area contributed by atoms with Crippen LogP contribution in [-0.4, -0.2) is 30.1 Å². The molecule has 110 valence electrons. The number of hydrogen-bond donors (Lipinski definition) is 1. The second kappa shape index (κ2) is 5.20. The zero-order valence-corrected chi connectivity index (χ0v) is 14.2. The van der Waals surface area contributed by atoms with E-state index in [1.54, 1.807) is 11.3 Å². The van der Waals surface area contributed by atoms with Crippen molar-refractivity contribution in [2.75, 3.05) is 24.3 Å². The van der Waals surface area contributed by atoms with E-state index < -0.39 is 0 Å². The molecule has 20 heavy (non-hydrogen) atoms. The molecule has 0 fully saturated rings. The molecule has 0 saturated heterocycles. The van der Waals surface area contributed by atoms with Gasteiger partial charge in [-0.3, -0.25) is 0 Å². The van der Waals surface area contributed by atoms with Crippen LogP contribution in [0, 0.1) is 12.3 Å². The van der Waals surface area contributed by atoms with Crippen LogP contribution >= 0.6 is 11.3 Å². The van der Waals surface area contributed by atoms with Gasteiger partial charge in [0, 0.05) is 25.0 Å². The minimum atomic E-state index is 0.191. The van der Waals surface area contributed by atoms with Crippen molar-refractivity contribution < 1.29 is 0 Å². The summed E-state index contributed by atoms with van der Waals surface area (Å²) < 4.78 is 0. The standard InChI is InChI=1S/C15H24N4S/c1-9-8-11-12(19(7)10(2)15(3,4)5)17-14(16-6)18-13(11)20-9/h8,10H,1-7H3,(H,16,17,18). The topological polar surface area (TPSA) is 41.1 Å². The van der Waals surface area contributed by atoms with Gasteiger partial charge in [-0.05, 0) is 25.3 Å². The average molecular weight is 292 g/mol. The fourth-order valence-electron chi connectivity index (χ4n) is 2.17. The fraction of sp³-hybridized carbons (Fsp3) is 0.600. The van der Waals surface area contributed by atoms with Crippen molar-refractivity contribution in [2.45, 2.75) is 40.7 Å². The number of anilines is 2. The zero-order valence-electron chi connectivity index (χ0n) is 13.4. The molecule has 2 aromatic rings. The summed E-state index contributed by atoms with van der Waals surface area (Å²) in [6.07, 6.45) is 0. The highest BCUT2D eigenvalue weighted by Gasteiger charge is 2.26. The second-order valence-corrected chi connectivity index (χ2v) is 7.58. The first-order chi connectivity index (χ1) is 9.24. The lowest BCUT2D eigenvalue weighted by molar-refractivity contribution is 0.329. The summed E-state index contributed by atoms with van der Waals surface area (Å²) in [5.74, 6) is 1.69. The van der Waals surface area contributed by atoms with E-state index in [0.717, 1.165) is 16.0 Å². The van der Waals surface area contributed by atoms with E-state index in [0.29, 0.717) is 12.0 Å². The maximum atomic E-state index is 4.68. The van der Waals surface area contributed by atoms with Crippen LogP contribution < -0.4 is 10.2 Å². The van der Waals surface area contributed by atoms with E-state index in [4.69, 9.17) is 0 Å². The van der Waals surface area contributed by atoms with Gasteiger partial charge in [-0.1, -0.05) is 20.8 Å². The Morgan fingerprint density at radius 1 is 1.30 bits per heavy atom. The van der Waals surface area contributed by atoms with Crippen LogP contribution in [0.5, 0.6) is 0 Å². The molecule has 0 radical (unpaired) electrons. The Kier molecular flexibility index (Phi) is 3.91. The molecule has 0 aliphatic carbocycles. The molecular formula is C15H24N4S. The van der Waals surface area contributed by atoms with E-state index in [9.17, 15) is 0 Å². The second-order valence-electron chi connectivity index (χ2n) is 6.35. The summed E-state index contributed by atoms with van der Waals surface area (Å²) in [6, 6.07) is 2.56. The number of aryl methyl sites for hydroxylation is 1. The van der Waals surface area contributed by atoms with Crippen molar-refractivity contribution in [3.63, 3.8) is 0 Å². The Balaban J connectivity index is 2.57. The van der Waals surface area contributed by atoms with Crippen LogP contribution in [0.1, 0.15) is 32.6 Å². The highest BCUT2D eigenvalue weighted by Crippen LogP contribution is 2.34. The van der Waals surface area contributed by atoms with Gasteiger partial charge in [0.05, 0.1) is 5.39 Å². The number of aromatic nitrogens is 2. The van der Waals surface area contributed by atoms with Crippen molar-refractivity contribution in [2.24, 2.45) is 5.41 Å². The lowest BCUT2D eigenvalue weighted by Gasteiger charge is -2.36. The average Bonchev–Trinajstić information content (AvgIpc) is 2.74. The van der Waals surface area contributed by atoms with Gasteiger partial charge < -0.3 is 10.2 Å². The van der Waals surface area contributed by atoms with Crippen molar-refractivity contribution in [1.29, 1.82) is 0 Å². The van der Waals surface area contributed by atoms with Crippen molar-refractivity contribution in [3.05, 3.63) is 10.9 Å². The largest absolute Gasteiger partial charge is 0.357 e. The molecule has 1 atom stereocenters. The van der Waals surface area contributed by atoms with Gasteiger partial charge >= 0.3 is 0 Å². The number of fused-ring (bicyclic) bond motifs is 1. The highest BCUT2D eigenvalue weighted by molar-refractivity contribution is 7.18. The van der Waals surface area contributed by atoms with Crippen LogP contribution in [0.3, 0.4) is 0 Å². The first-order valence-electron chi connectivity index (χ1n) is 6.93. The molecule has 4 nitrogen and oxygen atoms in total. The van der Waals surface area contributed by atoms with E-state index in [1.807, 2.05) is 7.05 Å².